The fraction of sp³-hybridized carbons (Fsp3) is 0.350. The third-order valence-corrected chi connectivity index (χ3v) is 4.37. The van der Waals surface area contributed by atoms with Crippen LogP contribution in [0.3, 0.4) is 0 Å². The third-order valence-electron chi connectivity index (χ3n) is 3.93. The summed E-state index contributed by atoms with van der Waals surface area (Å²) in [5, 5.41) is 14.5. The van der Waals surface area contributed by atoms with Gasteiger partial charge in [-0.05, 0) is 48.4 Å². The summed E-state index contributed by atoms with van der Waals surface area (Å²) >= 11 is 11.9. The first kappa shape index (κ1) is 21.5. The molecule has 0 bridgehead atoms. The summed E-state index contributed by atoms with van der Waals surface area (Å²) in [6.07, 6.45) is -0.485. The van der Waals surface area contributed by atoms with Crippen LogP contribution in [0, 0.1) is 0 Å². The molecule has 2 unspecified atom stereocenters. The highest BCUT2D eigenvalue weighted by Crippen LogP contribution is 2.23. The number of ether oxygens (including phenoxy) is 2. The molecule has 2 N–H and O–H groups in total. The summed E-state index contributed by atoms with van der Waals surface area (Å²) in [6, 6.07) is 12.3. The van der Waals surface area contributed by atoms with Gasteiger partial charge in [0, 0.05) is 22.6 Å². The molecule has 0 aliphatic carbocycles. The molecule has 0 fully saturated rings. The van der Waals surface area contributed by atoms with E-state index < -0.39 is 6.10 Å². The van der Waals surface area contributed by atoms with E-state index in [-0.39, 0.29) is 18.4 Å². The van der Waals surface area contributed by atoms with Crippen LogP contribution in [0.15, 0.2) is 42.5 Å². The lowest BCUT2D eigenvalue weighted by Gasteiger charge is -2.18. The van der Waals surface area contributed by atoms with E-state index in [1.54, 1.807) is 18.2 Å². The highest BCUT2D eigenvalue weighted by atomic mass is 35.5. The quantitative estimate of drug-likeness (QED) is 0.614. The van der Waals surface area contributed by atoms with E-state index in [9.17, 15) is 9.90 Å². The van der Waals surface area contributed by atoms with Crippen LogP contribution < -0.4 is 10.1 Å². The van der Waals surface area contributed by atoms with Gasteiger partial charge in [0.1, 0.15) is 12.4 Å². The number of esters is 1. The van der Waals surface area contributed by atoms with Gasteiger partial charge in [-0.25, -0.2) is 0 Å². The Bertz CT molecular complexity index is 732. The average molecular weight is 412 g/mol. The number of carbonyl (C=O) groups excluding carboxylic acids is 1. The molecule has 5 nitrogen and oxygen atoms in total. The number of methoxy groups -OCH3 is 1. The van der Waals surface area contributed by atoms with Crippen LogP contribution in [-0.4, -0.2) is 37.4 Å². The monoisotopic (exact) mass is 411 g/mol. The Kier molecular flexibility index (Phi) is 8.38. The summed E-state index contributed by atoms with van der Waals surface area (Å²) in [5.74, 6) is 0.431. The van der Waals surface area contributed by atoms with Crippen molar-refractivity contribution in [1.29, 1.82) is 0 Å². The number of aliphatic hydroxyl groups is 1. The van der Waals surface area contributed by atoms with Crippen molar-refractivity contribution < 1.29 is 19.4 Å². The summed E-state index contributed by atoms with van der Waals surface area (Å²) in [5.41, 5.74) is 1.53. The summed E-state index contributed by atoms with van der Waals surface area (Å²) in [4.78, 5) is 11.3. The Balaban J connectivity index is 1.77. The second kappa shape index (κ2) is 10.5. The lowest BCUT2D eigenvalue weighted by Crippen LogP contribution is -2.34. The standard InChI is InChI=1S/C20H23Cl2NO4/c1-13(23-11-19(24)15-8-16(21)10-17(22)9-15)12-27-18-5-3-14(4-6-18)7-20(25)26-2/h3-6,8-10,13,19,23-24H,7,11-12H2,1-2H3. The Hall–Kier alpha value is -1.79. The van der Waals surface area contributed by atoms with Crippen LogP contribution >= 0.6 is 23.2 Å². The number of hydrogen-bond donors (Lipinski definition) is 2. The van der Waals surface area contributed by atoms with Crippen molar-refractivity contribution in [2.24, 2.45) is 0 Å². The van der Waals surface area contributed by atoms with Crippen LogP contribution in [0.4, 0.5) is 0 Å². The number of halogens is 2. The number of benzene rings is 2. The second-order valence-corrected chi connectivity index (χ2v) is 7.11. The first-order valence-corrected chi connectivity index (χ1v) is 9.29. The molecule has 0 saturated heterocycles. The number of rotatable bonds is 9. The lowest BCUT2D eigenvalue weighted by atomic mass is 10.1. The molecule has 0 saturated carbocycles. The topological polar surface area (TPSA) is 67.8 Å². The molecular weight excluding hydrogens is 389 g/mol. The van der Waals surface area contributed by atoms with Gasteiger partial charge in [-0.1, -0.05) is 35.3 Å². The molecule has 2 aromatic carbocycles. The number of nitrogens with one attached hydrogen (secondary N) is 1. The van der Waals surface area contributed by atoms with Gasteiger partial charge in [0.25, 0.3) is 0 Å². The molecule has 0 radical (unpaired) electrons. The van der Waals surface area contributed by atoms with Crippen LogP contribution in [-0.2, 0) is 16.0 Å². The minimum atomic E-state index is -0.721. The zero-order chi connectivity index (χ0) is 19.8. The molecule has 146 valence electrons. The smallest absolute Gasteiger partial charge is 0.309 e. The molecule has 2 atom stereocenters. The predicted molar refractivity (Wildman–Crippen MR) is 107 cm³/mol. The maximum absolute atomic E-state index is 11.3. The number of aliphatic hydroxyl groups excluding tert-OH is 1. The summed E-state index contributed by atoms with van der Waals surface area (Å²) in [6.45, 7) is 2.74. The van der Waals surface area contributed by atoms with E-state index in [4.69, 9.17) is 27.9 Å². The van der Waals surface area contributed by atoms with Gasteiger partial charge in [0.05, 0.1) is 19.6 Å². The van der Waals surface area contributed by atoms with Gasteiger partial charge >= 0.3 is 5.97 Å². The molecule has 2 aromatic rings. The van der Waals surface area contributed by atoms with Gasteiger partial charge in [-0.3, -0.25) is 4.79 Å². The molecule has 2 rings (SSSR count). The first-order valence-electron chi connectivity index (χ1n) is 8.53. The van der Waals surface area contributed by atoms with Gasteiger partial charge in [-0.2, -0.15) is 0 Å². The van der Waals surface area contributed by atoms with Crippen LogP contribution in [0.5, 0.6) is 5.75 Å². The summed E-state index contributed by atoms with van der Waals surface area (Å²) < 4.78 is 10.4. The number of hydrogen-bond acceptors (Lipinski definition) is 5. The zero-order valence-electron chi connectivity index (χ0n) is 15.2. The molecular formula is C20H23Cl2NO4. The van der Waals surface area contributed by atoms with Gasteiger partial charge in [0.15, 0.2) is 0 Å². The van der Waals surface area contributed by atoms with Crippen molar-refractivity contribution in [2.45, 2.75) is 25.5 Å². The minimum Gasteiger partial charge on any atom is -0.492 e. The number of carbonyl (C=O) groups is 1. The van der Waals surface area contributed by atoms with E-state index in [1.165, 1.54) is 7.11 Å². The fourth-order valence-corrected chi connectivity index (χ4v) is 2.96. The Labute approximate surface area is 169 Å². The molecule has 27 heavy (non-hydrogen) atoms. The molecule has 0 amide bonds. The Morgan fingerprint density at radius 1 is 1.15 bits per heavy atom. The molecule has 7 heteroatoms. The lowest BCUT2D eigenvalue weighted by molar-refractivity contribution is -0.139. The highest BCUT2D eigenvalue weighted by molar-refractivity contribution is 6.34. The maximum Gasteiger partial charge on any atom is 0.309 e. The van der Waals surface area contributed by atoms with Crippen LogP contribution in [0.2, 0.25) is 10.0 Å². The largest absolute Gasteiger partial charge is 0.492 e. The Morgan fingerprint density at radius 3 is 2.37 bits per heavy atom. The van der Waals surface area contributed by atoms with E-state index in [0.717, 1.165) is 5.56 Å². The molecule has 0 aliphatic rings. The van der Waals surface area contributed by atoms with E-state index in [0.29, 0.717) is 34.5 Å². The SMILES string of the molecule is COC(=O)Cc1ccc(OCC(C)NCC(O)c2cc(Cl)cc(Cl)c2)cc1. The fourth-order valence-electron chi connectivity index (χ4n) is 2.42. The highest BCUT2D eigenvalue weighted by Gasteiger charge is 2.12. The molecule has 0 heterocycles. The van der Waals surface area contributed by atoms with Crippen LogP contribution in [0.25, 0.3) is 0 Å². The third kappa shape index (κ3) is 7.39. The van der Waals surface area contributed by atoms with E-state index in [2.05, 4.69) is 10.1 Å². The molecule has 0 spiro atoms. The molecule has 0 aliphatic heterocycles. The summed E-state index contributed by atoms with van der Waals surface area (Å²) in [7, 11) is 1.37. The van der Waals surface area contributed by atoms with Gasteiger partial charge < -0.3 is 19.9 Å². The van der Waals surface area contributed by atoms with Crippen molar-refractivity contribution in [2.75, 3.05) is 20.3 Å². The van der Waals surface area contributed by atoms with Crippen molar-refractivity contribution in [3.8, 4) is 5.75 Å². The Morgan fingerprint density at radius 2 is 1.78 bits per heavy atom. The van der Waals surface area contributed by atoms with Gasteiger partial charge in [-0.15, -0.1) is 0 Å². The maximum atomic E-state index is 11.3. The van der Waals surface area contributed by atoms with Crippen molar-refractivity contribution >= 4 is 29.2 Å². The van der Waals surface area contributed by atoms with E-state index in [1.807, 2.05) is 31.2 Å². The van der Waals surface area contributed by atoms with Gasteiger partial charge in [0.2, 0.25) is 0 Å². The molecule has 0 aromatic heterocycles. The first-order chi connectivity index (χ1) is 12.9. The van der Waals surface area contributed by atoms with Crippen molar-refractivity contribution in [3.63, 3.8) is 0 Å². The second-order valence-electron chi connectivity index (χ2n) is 6.24. The minimum absolute atomic E-state index is 0.0176. The van der Waals surface area contributed by atoms with E-state index >= 15 is 0 Å². The van der Waals surface area contributed by atoms with Crippen molar-refractivity contribution in [3.05, 3.63) is 63.6 Å². The normalized spacial score (nSPS) is 13.1. The predicted octanol–water partition coefficient (Wildman–Crippen LogP) is 3.80. The van der Waals surface area contributed by atoms with Crippen LogP contribution in [0.1, 0.15) is 24.2 Å². The zero-order valence-corrected chi connectivity index (χ0v) is 16.8. The van der Waals surface area contributed by atoms with Crippen molar-refractivity contribution in [1.82, 2.24) is 5.32 Å². The average Bonchev–Trinajstić information content (AvgIpc) is 2.64.